The molecule has 16 nitrogen and oxygen atoms in total. The van der Waals surface area contributed by atoms with Crippen molar-refractivity contribution < 1.29 is 39.1 Å². The first-order chi connectivity index (χ1) is 17.6. The van der Waals surface area contributed by atoms with Crippen LogP contribution < -0.4 is 11.2 Å². The molecule has 0 aliphatic heterocycles. The van der Waals surface area contributed by atoms with Crippen LogP contribution in [0, 0.1) is 22.7 Å². The summed E-state index contributed by atoms with van der Waals surface area (Å²) in [5.41, 5.74) is 0.932. The monoisotopic (exact) mass is 544 g/mol. The van der Waals surface area contributed by atoms with Gasteiger partial charge in [-0.15, -0.1) is 11.2 Å². The Balaban J connectivity index is -0.000000271. The van der Waals surface area contributed by atoms with Crippen molar-refractivity contribution in [2.45, 2.75) is 105 Å². The lowest BCUT2D eigenvalue weighted by atomic mass is 9.97. The van der Waals surface area contributed by atoms with Crippen molar-refractivity contribution in [2.24, 2.45) is 20.7 Å². The second-order valence-corrected chi connectivity index (χ2v) is 7.74. The van der Waals surface area contributed by atoms with Crippen LogP contribution in [0.1, 0.15) is 93.9 Å². The average molecular weight is 545 g/mol. The second kappa shape index (κ2) is 25.7. The van der Waals surface area contributed by atoms with Crippen molar-refractivity contribution >= 4 is 23.9 Å². The largest absolute Gasteiger partial charge is 0.481 e. The van der Waals surface area contributed by atoms with Gasteiger partial charge < -0.3 is 19.9 Å². The molecule has 4 N–H and O–H groups in total. The number of aliphatic carboxylic acids is 2. The van der Waals surface area contributed by atoms with Crippen molar-refractivity contribution in [3.63, 3.8) is 0 Å². The fraction of sp³-hybridized carbons (Fsp3) is 0.727. The van der Waals surface area contributed by atoms with Crippen molar-refractivity contribution in [2.75, 3.05) is 0 Å². The Morgan fingerprint density at radius 2 is 1.00 bits per heavy atom. The zero-order valence-corrected chi connectivity index (χ0v) is 23.3. The van der Waals surface area contributed by atoms with Crippen LogP contribution in [0.5, 0.6) is 0 Å². The van der Waals surface area contributed by atoms with Gasteiger partial charge in [0, 0.05) is 26.7 Å². The molecule has 0 bridgehead atoms. The second-order valence-electron chi connectivity index (χ2n) is 7.74. The minimum atomic E-state index is -1.35. The summed E-state index contributed by atoms with van der Waals surface area (Å²) in [6, 6.07) is 3.69. The molecule has 0 aliphatic rings. The van der Waals surface area contributed by atoms with Crippen LogP contribution in [-0.4, -0.2) is 45.2 Å². The maximum Gasteiger partial charge on any atom is 0.331 e. The molecule has 0 saturated heterocycles. The van der Waals surface area contributed by atoms with Gasteiger partial charge in [0.2, 0.25) is 0 Å². The molecule has 0 fully saturated rings. The molecule has 0 saturated carbocycles. The predicted molar refractivity (Wildman–Crippen MR) is 133 cm³/mol. The molecule has 0 aromatic carbocycles. The topological polar surface area (TPSA) is 248 Å². The van der Waals surface area contributed by atoms with E-state index >= 15 is 0 Å². The van der Waals surface area contributed by atoms with Gasteiger partial charge in [0.15, 0.2) is 11.1 Å². The fourth-order valence-electron chi connectivity index (χ4n) is 1.39. The summed E-state index contributed by atoms with van der Waals surface area (Å²) in [5.74, 6) is -3.26. The number of carboxylic acids is 2. The maximum atomic E-state index is 10.5. The average Bonchev–Trinajstić information content (AvgIpc) is 2.83. The highest BCUT2D eigenvalue weighted by Gasteiger charge is 2.29. The van der Waals surface area contributed by atoms with E-state index in [0.29, 0.717) is 0 Å². The molecule has 0 heterocycles. The van der Waals surface area contributed by atoms with Gasteiger partial charge in [-0.3, -0.25) is 9.59 Å². The first-order valence-corrected chi connectivity index (χ1v) is 11.6. The maximum absolute atomic E-state index is 10.5. The molecule has 2 unspecified atom stereocenters. The van der Waals surface area contributed by atoms with Crippen LogP contribution in [0.3, 0.4) is 0 Å². The standard InChI is InChI=1S/C12H16N4O4.C4H8N4O4.2C3H8/c1-11(7-13,5-3-9(17)18)15-16-12(2,8-14)6-4-10(19)20;1-3(9)11-7-5-6-8-12-4(2)10;2*1-3-2/h3-6H2,1-2H3,(H,17,18)(H,19,20);1-2H3,(H,6,7)(H,5,8);2*3H2,1-2H3. The summed E-state index contributed by atoms with van der Waals surface area (Å²) in [6.07, 6.45) is 1.93. The molecule has 0 aromatic rings. The van der Waals surface area contributed by atoms with Crippen LogP contribution in [0.4, 0.5) is 0 Å². The Morgan fingerprint density at radius 3 is 1.18 bits per heavy atom. The van der Waals surface area contributed by atoms with E-state index in [1.54, 1.807) is 0 Å². The molecule has 2 atom stereocenters. The Labute approximate surface area is 223 Å². The van der Waals surface area contributed by atoms with E-state index in [4.69, 9.17) is 20.7 Å². The first-order valence-electron chi connectivity index (χ1n) is 11.6. The predicted octanol–water partition coefficient (Wildman–Crippen LogP) is 3.97. The Morgan fingerprint density at radius 1 is 0.737 bits per heavy atom. The van der Waals surface area contributed by atoms with Gasteiger partial charge in [-0.1, -0.05) is 40.5 Å². The van der Waals surface area contributed by atoms with Crippen LogP contribution >= 0.6 is 0 Å². The van der Waals surface area contributed by atoms with Gasteiger partial charge in [0.25, 0.3) is 0 Å². The smallest absolute Gasteiger partial charge is 0.331 e. The third-order valence-electron chi connectivity index (χ3n) is 3.13. The van der Waals surface area contributed by atoms with Crippen molar-refractivity contribution in [1.29, 1.82) is 10.5 Å². The number of rotatable bonds is 12. The van der Waals surface area contributed by atoms with E-state index in [0.717, 1.165) is 0 Å². The lowest BCUT2D eigenvalue weighted by molar-refractivity contribution is -0.152. The molecule has 38 heavy (non-hydrogen) atoms. The molecule has 0 rings (SSSR count). The highest BCUT2D eigenvalue weighted by Crippen LogP contribution is 2.23. The molecular formula is C22H40N8O8. The number of carbonyl (C=O) groups is 4. The van der Waals surface area contributed by atoms with E-state index in [9.17, 15) is 19.2 Å². The molecule has 0 aliphatic carbocycles. The van der Waals surface area contributed by atoms with Gasteiger partial charge in [0.05, 0.1) is 12.1 Å². The van der Waals surface area contributed by atoms with E-state index < -0.39 is 35.0 Å². The first kappa shape index (κ1) is 40.8. The summed E-state index contributed by atoms with van der Waals surface area (Å²) in [4.78, 5) is 49.4. The molecule has 0 amide bonds. The number of azo groups is 1. The summed E-state index contributed by atoms with van der Waals surface area (Å²) >= 11 is 0. The summed E-state index contributed by atoms with van der Waals surface area (Å²) in [6.45, 7) is 13.7. The van der Waals surface area contributed by atoms with Gasteiger partial charge in [-0.05, 0) is 37.1 Å². The number of hydrogen-bond donors (Lipinski definition) is 4. The fourth-order valence-corrected chi connectivity index (χ4v) is 1.39. The minimum absolute atomic E-state index is 0.0389. The van der Waals surface area contributed by atoms with E-state index in [2.05, 4.69) is 58.0 Å². The SMILES string of the molecule is CC(=O)ON/N=N/NOC(C)=O.CC(C#N)(CCC(=O)O)N=NC(C)(C#N)CCC(=O)O.CCC.CCC. The lowest BCUT2D eigenvalue weighted by Gasteiger charge is -2.18. The van der Waals surface area contributed by atoms with Gasteiger partial charge in [-0.2, -0.15) is 20.8 Å². The van der Waals surface area contributed by atoms with E-state index in [1.807, 2.05) is 23.3 Å². The number of nitrogens with zero attached hydrogens (tertiary/aromatic N) is 6. The van der Waals surface area contributed by atoms with E-state index in [-0.39, 0.29) is 25.7 Å². The number of carboxylic acid groups (broad SMARTS) is 2. The van der Waals surface area contributed by atoms with Crippen LogP contribution in [-0.2, 0) is 28.9 Å². The highest BCUT2D eigenvalue weighted by atomic mass is 16.7. The Bertz CT molecular complexity index is 772. The summed E-state index contributed by atoms with van der Waals surface area (Å²) in [7, 11) is 0. The number of hydrogen-bond acceptors (Lipinski definition) is 12. The number of carbonyl (C=O) groups excluding carboxylic acids is 2. The zero-order valence-electron chi connectivity index (χ0n) is 23.3. The van der Waals surface area contributed by atoms with Crippen LogP contribution in [0.2, 0.25) is 0 Å². The molecule has 16 heteroatoms. The molecule has 216 valence electrons. The highest BCUT2D eigenvalue weighted by molar-refractivity contribution is 5.67. The third-order valence-corrected chi connectivity index (χ3v) is 3.13. The molecular weight excluding hydrogens is 504 g/mol. The third kappa shape index (κ3) is 33.8. The minimum Gasteiger partial charge on any atom is -0.481 e. The molecule has 0 radical (unpaired) electrons. The van der Waals surface area contributed by atoms with Crippen molar-refractivity contribution in [1.82, 2.24) is 11.2 Å². The Kier molecular flexibility index (Phi) is 27.7. The lowest BCUT2D eigenvalue weighted by Crippen LogP contribution is -2.25. The number of nitriles is 2. The van der Waals surface area contributed by atoms with Gasteiger partial charge in [-0.25, -0.2) is 9.59 Å². The van der Waals surface area contributed by atoms with E-state index in [1.165, 1.54) is 40.5 Å². The van der Waals surface area contributed by atoms with Crippen LogP contribution in [0.15, 0.2) is 20.7 Å². The van der Waals surface area contributed by atoms with Crippen molar-refractivity contribution in [3.8, 4) is 12.1 Å². The van der Waals surface area contributed by atoms with Crippen LogP contribution in [0.25, 0.3) is 0 Å². The van der Waals surface area contributed by atoms with Crippen molar-refractivity contribution in [3.05, 3.63) is 0 Å². The quantitative estimate of drug-likeness (QED) is 0.201. The Hall–Kier alpha value is -4.34. The van der Waals surface area contributed by atoms with Gasteiger partial charge >= 0.3 is 23.9 Å². The summed E-state index contributed by atoms with van der Waals surface area (Å²) in [5, 5.41) is 48.8. The molecule has 0 aromatic heterocycles. The van der Waals surface area contributed by atoms with Gasteiger partial charge in [0.1, 0.15) is 0 Å². The zero-order chi connectivity index (χ0) is 30.6. The molecule has 0 spiro atoms. The number of nitrogens with one attached hydrogen (secondary N) is 2. The normalized spacial score (nSPS) is 12.6. The summed E-state index contributed by atoms with van der Waals surface area (Å²) < 4.78 is 0.